The second-order valence-electron chi connectivity index (χ2n) is 8.91. The normalized spacial score (nSPS) is 19.2. The van der Waals surface area contributed by atoms with Crippen molar-refractivity contribution in [2.75, 3.05) is 64.4 Å². The third kappa shape index (κ3) is 4.43. The number of likely N-dealkylation sites (tertiary alicyclic amines) is 1. The SMILES string of the molecule is COc1ccccc1N1CCN(CCN2CCC(c3c[nH]c4ccccc34)CC2)CC1. The summed E-state index contributed by atoms with van der Waals surface area (Å²) in [5.41, 5.74) is 4.01. The summed E-state index contributed by atoms with van der Waals surface area (Å²) in [6, 6.07) is 17.1. The fraction of sp³-hybridized carbons (Fsp3) is 0.462. The molecule has 0 aliphatic carbocycles. The lowest BCUT2D eigenvalue weighted by atomic mass is 9.89. The number of H-pyrrole nitrogens is 1. The standard InChI is InChI=1S/C26H34N4O/c1-31-26-9-5-4-8-25(26)30-18-16-29(17-19-30)15-14-28-12-10-21(11-13-28)23-20-27-24-7-3-2-6-22(23)24/h2-9,20-21,27H,10-19H2,1H3. The fourth-order valence-electron chi connectivity index (χ4n) is 5.29. The topological polar surface area (TPSA) is 34.7 Å². The van der Waals surface area contributed by atoms with Crippen LogP contribution in [-0.4, -0.2) is 74.3 Å². The maximum Gasteiger partial charge on any atom is 0.142 e. The zero-order valence-electron chi connectivity index (χ0n) is 18.6. The molecule has 164 valence electrons. The van der Waals surface area contributed by atoms with Crippen molar-refractivity contribution in [3.63, 3.8) is 0 Å². The molecule has 1 N–H and O–H groups in total. The molecule has 2 fully saturated rings. The van der Waals surface area contributed by atoms with Crippen LogP contribution in [0.4, 0.5) is 5.69 Å². The van der Waals surface area contributed by atoms with Crippen LogP contribution in [0, 0.1) is 0 Å². The molecule has 2 saturated heterocycles. The molecular formula is C26H34N4O. The summed E-state index contributed by atoms with van der Waals surface area (Å²) in [5.74, 6) is 1.67. The molecular weight excluding hydrogens is 384 g/mol. The van der Waals surface area contributed by atoms with E-state index in [0.717, 1.165) is 31.9 Å². The highest BCUT2D eigenvalue weighted by molar-refractivity contribution is 5.83. The van der Waals surface area contributed by atoms with E-state index < -0.39 is 0 Å². The quantitative estimate of drug-likeness (QED) is 0.651. The number of fused-ring (bicyclic) bond motifs is 1. The van der Waals surface area contributed by atoms with Crippen LogP contribution >= 0.6 is 0 Å². The van der Waals surface area contributed by atoms with E-state index in [1.807, 2.05) is 6.07 Å². The number of hydrogen-bond acceptors (Lipinski definition) is 4. The van der Waals surface area contributed by atoms with E-state index in [1.54, 1.807) is 7.11 Å². The average Bonchev–Trinajstić information content (AvgIpc) is 3.28. The van der Waals surface area contributed by atoms with Gasteiger partial charge in [-0.1, -0.05) is 30.3 Å². The van der Waals surface area contributed by atoms with Crippen molar-refractivity contribution in [2.24, 2.45) is 0 Å². The van der Waals surface area contributed by atoms with Gasteiger partial charge < -0.3 is 19.5 Å². The third-order valence-electron chi connectivity index (χ3n) is 7.18. The smallest absolute Gasteiger partial charge is 0.142 e. The Morgan fingerprint density at radius 1 is 0.839 bits per heavy atom. The van der Waals surface area contributed by atoms with Gasteiger partial charge in [-0.15, -0.1) is 0 Å². The molecule has 5 rings (SSSR count). The lowest BCUT2D eigenvalue weighted by molar-refractivity contribution is 0.168. The van der Waals surface area contributed by atoms with Crippen LogP contribution in [0.5, 0.6) is 5.75 Å². The number of rotatable bonds is 6. The summed E-state index contributed by atoms with van der Waals surface area (Å²) in [5, 5.41) is 1.41. The van der Waals surface area contributed by atoms with Crippen LogP contribution in [0.2, 0.25) is 0 Å². The Hall–Kier alpha value is -2.50. The summed E-state index contributed by atoms with van der Waals surface area (Å²) >= 11 is 0. The second kappa shape index (κ2) is 9.33. The van der Waals surface area contributed by atoms with E-state index in [9.17, 15) is 0 Å². The van der Waals surface area contributed by atoms with Crippen molar-refractivity contribution in [2.45, 2.75) is 18.8 Å². The van der Waals surface area contributed by atoms with Crippen LogP contribution in [0.3, 0.4) is 0 Å². The van der Waals surface area contributed by atoms with Gasteiger partial charge >= 0.3 is 0 Å². The highest BCUT2D eigenvalue weighted by atomic mass is 16.5. The molecule has 2 aliphatic rings. The van der Waals surface area contributed by atoms with E-state index in [1.165, 1.54) is 61.2 Å². The first-order valence-corrected chi connectivity index (χ1v) is 11.7. The highest BCUT2D eigenvalue weighted by Crippen LogP contribution is 2.33. The van der Waals surface area contributed by atoms with Gasteiger partial charge in [0.15, 0.2) is 0 Å². The number of aromatic nitrogens is 1. The predicted octanol–water partition coefficient (Wildman–Crippen LogP) is 4.18. The van der Waals surface area contributed by atoms with E-state index in [0.29, 0.717) is 5.92 Å². The van der Waals surface area contributed by atoms with Gasteiger partial charge in [-0.2, -0.15) is 0 Å². The van der Waals surface area contributed by atoms with E-state index >= 15 is 0 Å². The van der Waals surface area contributed by atoms with Crippen molar-refractivity contribution >= 4 is 16.6 Å². The fourth-order valence-corrected chi connectivity index (χ4v) is 5.29. The number of piperazine rings is 1. The Kier molecular flexibility index (Phi) is 6.14. The van der Waals surface area contributed by atoms with Gasteiger partial charge in [0.05, 0.1) is 12.8 Å². The zero-order valence-corrected chi connectivity index (χ0v) is 18.6. The van der Waals surface area contributed by atoms with Crippen LogP contribution < -0.4 is 9.64 Å². The molecule has 0 unspecified atom stereocenters. The number of nitrogens with one attached hydrogen (secondary N) is 1. The van der Waals surface area contributed by atoms with Gasteiger partial charge in [0.25, 0.3) is 0 Å². The number of benzene rings is 2. The number of methoxy groups -OCH3 is 1. The number of piperidine rings is 1. The van der Waals surface area contributed by atoms with Crippen LogP contribution in [-0.2, 0) is 0 Å². The third-order valence-corrected chi connectivity index (χ3v) is 7.18. The van der Waals surface area contributed by atoms with Crippen molar-refractivity contribution in [1.29, 1.82) is 0 Å². The van der Waals surface area contributed by atoms with Gasteiger partial charge in [0, 0.05) is 56.4 Å². The molecule has 3 aromatic rings. The van der Waals surface area contributed by atoms with Crippen LogP contribution in [0.25, 0.3) is 10.9 Å². The lowest BCUT2D eigenvalue weighted by Gasteiger charge is -2.38. The number of ether oxygens (including phenoxy) is 1. The Bertz CT molecular complexity index is 984. The summed E-state index contributed by atoms with van der Waals surface area (Å²) in [7, 11) is 1.76. The lowest BCUT2D eigenvalue weighted by Crippen LogP contribution is -2.49. The van der Waals surface area contributed by atoms with E-state index in [-0.39, 0.29) is 0 Å². The number of anilines is 1. The number of nitrogens with zero attached hydrogens (tertiary/aromatic N) is 3. The molecule has 0 spiro atoms. The number of aromatic amines is 1. The van der Waals surface area contributed by atoms with Crippen molar-refractivity contribution < 1.29 is 4.74 Å². The summed E-state index contributed by atoms with van der Waals surface area (Å²) in [6.07, 6.45) is 4.78. The van der Waals surface area contributed by atoms with Gasteiger partial charge in [0.1, 0.15) is 5.75 Å². The van der Waals surface area contributed by atoms with Gasteiger partial charge in [0.2, 0.25) is 0 Å². The second-order valence-corrected chi connectivity index (χ2v) is 8.91. The zero-order chi connectivity index (χ0) is 21.0. The maximum atomic E-state index is 5.55. The van der Waals surface area contributed by atoms with E-state index in [2.05, 4.69) is 68.3 Å². The first kappa shape index (κ1) is 20.4. The molecule has 5 heteroatoms. The minimum atomic E-state index is 0.691. The van der Waals surface area contributed by atoms with Crippen molar-refractivity contribution in [3.8, 4) is 5.75 Å². The molecule has 0 radical (unpaired) electrons. The van der Waals surface area contributed by atoms with Gasteiger partial charge in [-0.3, -0.25) is 4.90 Å². The number of hydrogen-bond donors (Lipinski definition) is 1. The maximum absolute atomic E-state index is 5.55. The minimum Gasteiger partial charge on any atom is -0.495 e. The first-order chi connectivity index (χ1) is 15.3. The first-order valence-electron chi connectivity index (χ1n) is 11.7. The average molecular weight is 419 g/mol. The van der Waals surface area contributed by atoms with Gasteiger partial charge in [-0.05, 0) is 55.6 Å². The molecule has 1 aromatic heterocycles. The molecule has 3 heterocycles. The molecule has 2 aromatic carbocycles. The molecule has 2 aliphatic heterocycles. The summed E-state index contributed by atoms with van der Waals surface area (Å²) in [4.78, 5) is 11.2. The van der Waals surface area contributed by atoms with Crippen molar-refractivity contribution in [1.82, 2.24) is 14.8 Å². The summed E-state index contributed by atoms with van der Waals surface area (Å²) in [6.45, 7) is 9.20. The molecule has 0 saturated carbocycles. The van der Waals surface area contributed by atoms with Crippen LogP contribution in [0.15, 0.2) is 54.7 Å². The summed E-state index contributed by atoms with van der Waals surface area (Å²) < 4.78 is 5.55. The van der Waals surface area contributed by atoms with E-state index in [4.69, 9.17) is 4.74 Å². The largest absolute Gasteiger partial charge is 0.495 e. The van der Waals surface area contributed by atoms with Crippen molar-refractivity contribution in [3.05, 3.63) is 60.3 Å². The molecule has 0 bridgehead atoms. The molecule has 5 nitrogen and oxygen atoms in total. The Balaban J connectivity index is 1.08. The molecule has 31 heavy (non-hydrogen) atoms. The predicted molar refractivity (Wildman–Crippen MR) is 128 cm³/mol. The Morgan fingerprint density at radius 3 is 2.29 bits per heavy atom. The number of para-hydroxylation sites is 3. The van der Waals surface area contributed by atoms with Gasteiger partial charge in [-0.25, -0.2) is 0 Å². The minimum absolute atomic E-state index is 0.691. The Labute approximate surface area is 185 Å². The highest BCUT2D eigenvalue weighted by Gasteiger charge is 2.24. The monoisotopic (exact) mass is 418 g/mol. The molecule has 0 amide bonds. The van der Waals surface area contributed by atoms with Crippen LogP contribution in [0.1, 0.15) is 24.3 Å². The molecule has 0 atom stereocenters. The Morgan fingerprint density at radius 2 is 1.52 bits per heavy atom.